The summed E-state index contributed by atoms with van der Waals surface area (Å²) in [4.78, 5) is 2.55. The predicted octanol–water partition coefficient (Wildman–Crippen LogP) is 8.66. The SMILES string of the molecule is C=C(CC)/C(=C\C=C(C)C)C1CNC[C@H]1C(=C)N1CCC(c2ccccc2)CC1.CC1CCCCC1. The molecule has 1 N–H and O–H groups in total. The normalized spacial score (nSPS) is 23.6. The van der Waals surface area contributed by atoms with Crippen LogP contribution in [0.25, 0.3) is 0 Å². The highest BCUT2D eigenvalue weighted by Gasteiger charge is 2.35. The number of hydrogen-bond acceptors (Lipinski definition) is 2. The van der Waals surface area contributed by atoms with E-state index in [0.29, 0.717) is 17.8 Å². The second-order valence-corrected chi connectivity index (χ2v) is 11.6. The second-order valence-electron chi connectivity index (χ2n) is 11.6. The lowest BCUT2D eigenvalue weighted by Gasteiger charge is -2.38. The summed E-state index contributed by atoms with van der Waals surface area (Å²) in [5.74, 6) is 2.65. The molecule has 0 aromatic heterocycles. The van der Waals surface area contributed by atoms with E-state index in [1.807, 2.05) is 0 Å². The molecule has 0 bridgehead atoms. The Morgan fingerprint density at radius 1 is 0.917 bits per heavy atom. The van der Waals surface area contributed by atoms with E-state index in [0.717, 1.165) is 38.5 Å². The summed E-state index contributed by atoms with van der Waals surface area (Å²) in [6.07, 6.45) is 15.4. The third kappa shape index (κ3) is 8.23. The van der Waals surface area contributed by atoms with Crippen molar-refractivity contribution in [3.05, 3.63) is 83.6 Å². The van der Waals surface area contributed by atoms with Crippen molar-refractivity contribution >= 4 is 0 Å². The van der Waals surface area contributed by atoms with Gasteiger partial charge in [-0.2, -0.15) is 0 Å². The first-order chi connectivity index (χ1) is 17.4. The van der Waals surface area contributed by atoms with Gasteiger partial charge in [-0.1, -0.05) is 113 Å². The van der Waals surface area contributed by atoms with Crippen molar-refractivity contribution < 1.29 is 0 Å². The van der Waals surface area contributed by atoms with Crippen LogP contribution in [-0.2, 0) is 0 Å². The van der Waals surface area contributed by atoms with Crippen LogP contribution in [0.1, 0.15) is 90.5 Å². The van der Waals surface area contributed by atoms with Crippen molar-refractivity contribution in [2.45, 2.75) is 85.0 Å². The summed E-state index contributed by atoms with van der Waals surface area (Å²) in [5, 5.41) is 3.63. The highest BCUT2D eigenvalue weighted by Crippen LogP contribution is 2.37. The average molecular weight is 489 g/mol. The number of benzene rings is 1. The first kappa shape index (κ1) is 28.5. The fourth-order valence-corrected chi connectivity index (χ4v) is 6.09. The quantitative estimate of drug-likeness (QED) is 0.386. The molecule has 2 saturated heterocycles. The van der Waals surface area contributed by atoms with Gasteiger partial charge in [0, 0.05) is 43.7 Å². The lowest BCUT2D eigenvalue weighted by atomic mass is 9.81. The molecule has 2 heteroatoms. The molecule has 0 spiro atoms. The third-order valence-corrected chi connectivity index (χ3v) is 8.54. The van der Waals surface area contributed by atoms with Gasteiger partial charge in [0.15, 0.2) is 0 Å². The minimum absolute atomic E-state index is 0.461. The van der Waals surface area contributed by atoms with Crippen molar-refractivity contribution in [3.63, 3.8) is 0 Å². The van der Waals surface area contributed by atoms with Gasteiger partial charge < -0.3 is 10.2 Å². The molecule has 1 aromatic rings. The second kappa shape index (κ2) is 14.6. The van der Waals surface area contributed by atoms with E-state index in [2.05, 4.69) is 93.6 Å². The number of allylic oxidation sites excluding steroid dienone is 4. The monoisotopic (exact) mass is 488 g/mol. The van der Waals surface area contributed by atoms with Gasteiger partial charge in [-0.3, -0.25) is 0 Å². The Kier molecular flexibility index (Phi) is 11.6. The molecule has 2 atom stereocenters. The zero-order valence-corrected chi connectivity index (χ0v) is 23.7. The average Bonchev–Trinajstić information content (AvgIpc) is 3.39. The summed E-state index contributed by atoms with van der Waals surface area (Å²) in [7, 11) is 0. The van der Waals surface area contributed by atoms with Crippen molar-refractivity contribution in [2.24, 2.45) is 17.8 Å². The first-order valence-electron chi connectivity index (χ1n) is 14.6. The summed E-state index contributed by atoms with van der Waals surface area (Å²) in [6, 6.07) is 11.0. The van der Waals surface area contributed by atoms with Crippen LogP contribution in [0.3, 0.4) is 0 Å². The molecule has 2 aliphatic heterocycles. The fourth-order valence-electron chi connectivity index (χ4n) is 6.09. The standard InChI is InChI=1S/C27H38N2.C7H14/c1-6-21(4)25(13-12-20(2)3)27-19-28-18-26(27)22(5)29-16-14-24(15-17-29)23-10-8-7-9-11-23;1-7-5-3-2-4-6-7/h7-13,24,26-28H,4-6,14-19H2,1-3H3;7H,2-6H2,1H3/b25-13+;/t26-,27?;/m0./s1. The van der Waals surface area contributed by atoms with Gasteiger partial charge in [-0.15, -0.1) is 0 Å². The van der Waals surface area contributed by atoms with Crippen molar-refractivity contribution in [1.82, 2.24) is 10.2 Å². The highest BCUT2D eigenvalue weighted by atomic mass is 15.2. The molecule has 1 aliphatic carbocycles. The maximum Gasteiger partial charge on any atom is 0.0188 e. The van der Waals surface area contributed by atoms with Crippen LogP contribution in [-0.4, -0.2) is 31.1 Å². The molecule has 3 fully saturated rings. The molecule has 1 unspecified atom stereocenters. The highest BCUT2D eigenvalue weighted by molar-refractivity contribution is 5.37. The van der Waals surface area contributed by atoms with Crippen LogP contribution >= 0.6 is 0 Å². The molecule has 0 amide bonds. The summed E-state index contributed by atoms with van der Waals surface area (Å²) in [6.45, 7) is 22.1. The van der Waals surface area contributed by atoms with Crippen LogP contribution in [0.5, 0.6) is 0 Å². The van der Waals surface area contributed by atoms with Gasteiger partial charge in [-0.05, 0) is 56.1 Å². The van der Waals surface area contributed by atoms with Gasteiger partial charge in [-0.25, -0.2) is 0 Å². The van der Waals surface area contributed by atoms with Crippen molar-refractivity contribution in [2.75, 3.05) is 26.2 Å². The smallest absolute Gasteiger partial charge is 0.0188 e. The van der Waals surface area contributed by atoms with Gasteiger partial charge >= 0.3 is 0 Å². The molecule has 0 radical (unpaired) electrons. The Bertz CT molecular complexity index is 875. The fraction of sp³-hybridized carbons (Fsp3) is 0.588. The molecule has 3 aliphatic rings. The maximum atomic E-state index is 4.58. The summed E-state index contributed by atoms with van der Waals surface area (Å²) >= 11 is 0. The molecule has 4 rings (SSSR count). The lowest BCUT2D eigenvalue weighted by molar-refractivity contribution is 0.234. The third-order valence-electron chi connectivity index (χ3n) is 8.54. The topological polar surface area (TPSA) is 15.3 Å². The number of rotatable bonds is 7. The predicted molar refractivity (Wildman–Crippen MR) is 158 cm³/mol. The molecule has 2 heterocycles. The Hall–Kier alpha value is -2.06. The van der Waals surface area contributed by atoms with E-state index in [9.17, 15) is 0 Å². The number of nitrogens with one attached hydrogen (secondary N) is 1. The molecule has 2 nitrogen and oxygen atoms in total. The number of likely N-dealkylation sites (tertiary alicyclic amines) is 1. The van der Waals surface area contributed by atoms with Gasteiger partial charge in [0.25, 0.3) is 0 Å². The summed E-state index contributed by atoms with van der Waals surface area (Å²) < 4.78 is 0. The Morgan fingerprint density at radius 2 is 1.56 bits per heavy atom. The van der Waals surface area contributed by atoms with Crippen LogP contribution in [0.2, 0.25) is 0 Å². The van der Waals surface area contributed by atoms with E-state index >= 15 is 0 Å². The van der Waals surface area contributed by atoms with Gasteiger partial charge in [0.1, 0.15) is 0 Å². The largest absolute Gasteiger partial charge is 0.375 e. The Labute approximate surface area is 222 Å². The van der Waals surface area contributed by atoms with Crippen LogP contribution in [0, 0.1) is 17.8 Å². The van der Waals surface area contributed by atoms with E-state index in [1.165, 1.54) is 72.9 Å². The minimum Gasteiger partial charge on any atom is -0.375 e. The first-order valence-corrected chi connectivity index (χ1v) is 14.6. The zero-order valence-electron chi connectivity index (χ0n) is 23.7. The summed E-state index contributed by atoms with van der Waals surface area (Å²) in [5.41, 5.74) is 6.81. The number of hydrogen-bond donors (Lipinski definition) is 1. The molecular formula is C34H52N2. The lowest BCUT2D eigenvalue weighted by Crippen LogP contribution is -2.36. The van der Waals surface area contributed by atoms with E-state index in [1.54, 1.807) is 0 Å². The van der Waals surface area contributed by atoms with E-state index in [4.69, 9.17) is 0 Å². The minimum atomic E-state index is 0.461. The van der Waals surface area contributed by atoms with E-state index in [-0.39, 0.29) is 0 Å². The maximum absolute atomic E-state index is 4.58. The Morgan fingerprint density at radius 3 is 2.11 bits per heavy atom. The van der Waals surface area contributed by atoms with Crippen LogP contribution < -0.4 is 5.32 Å². The zero-order chi connectivity index (χ0) is 25.9. The molecule has 1 saturated carbocycles. The Balaban J connectivity index is 0.000000444. The van der Waals surface area contributed by atoms with Crippen LogP contribution in [0.15, 0.2) is 78.1 Å². The number of nitrogens with zero attached hydrogens (tertiary/aromatic N) is 1. The molecule has 36 heavy (non-hydrogen) atoms. The molecule has 198 valence electrons. The molecular weight excluding hydrogens is 436 g/mol. The van der Waals surface area contributed by atoms with Crippen molar-refractivity contribution in [3.8, 4) is 0 Å². The molecule has 1 aromatic carbocycles. The van der Waals surface area contributed by atoms with Gasteiger partial charge in [0.2, 0.25) is 0 Å². The van der Waals surface area contributed by atoms with Crippen molar-refractivity contribution in [1.29, 1.82) is 0 Å². The van der Waals surface area contributed by atoms with Crippen LogP contribution in [0.4, 0.5) is 0 Å². The van der Waals surface area contributed by atoms with E-state index < -0.39 is 0 Å². The number of piperidine rings is 1. The van der Waals surface area contributed by atoms with Gasteiger partial charge in [0.05, 0.1) is 0 Å².